The van der Waals surface area contributed by atoms with Gasteiger partial charge in [-0.1, -0.05) is 20.8 Å². The number of aryl methyl sites for hydroxylation is 2. The average Bonchev–Trinajstić information content (AvgIpc) is 2.41. The van der Waals surface area contributed by atoms with Gasteiger partial charge in [0, 0.05) is 9.86 Å². The minimum absolute atomic E-state index is 0.852. The zero-order valence-corrected chi connectivity index (χ0v) is 13.3. The molecule has 18 heavy (non-hydrogen) atoms. The summed E-state index contributed by atoms with van der Waals surface area (Å²) in [6, 6.07) is 6.32. The van der Waals surface area contributed by atoms with Crippen molar-refractivity contribution in [3.63, 3.8) is 0 Å². The van der Waals surface area contributed by atoms with Crippen LogP contribution in [0, 0.1) is 6.92 Å². The Morgan fingerprint density at radius 3 is 2.44 bits per heavy atom. The molecule has 3 heteroatoms. The van der Waals surface area contributed by atoms with Gasteiger partial charge in [-0.15, -0.1) is 0 Å². The van der Waals surface area contributed by atoms with Crippen LogP contribution in [0.4, 0.5) is 0 Å². The van der Waals surface area contributed by atoms with Crippen LogP contribution < -0.4 is 4.74 Å². The highest BCUT2D eigenvalue weighted by molar-refractivity contribution is 9.10. The van der Waals surface area contributed by atoms with E-state index in [9.17, 15) is 0 Å². The van der Waals surface area contributed by atoms with E-state index in [2.05, 4.69) is 46.0 Å². The molecule has 2 nitrogen and oxygen atoms in total. The SMILES string of the molecule is CC.CCc1cc(OC)c2nc(C)c(Br)cc2c1. The van der Waals surface area contributed by atoms with E-state index in [1.54, 1.807) is 7.11 Å². The Bertz CT molecular complexity index is 537. The van der Waals surface area contributed by atoms with E-state index in [4.69, 9.17) is 4.74 Å². The molecular weight excluding hydrogens is 290 g/mol. The van der Waals surface area contributed by atoms with Crippen LogP contribution in [0.3, 0.4) is 0 Å². The molecule has 0 radical (unpaired) electrons. The number of pyridine rings is 1. The Balaban J connectivity index is 0.000000771. The maximum atomic E-state index is 5.39. The summed E-state index contributed by atoms with van der Waals surface area (Å²) in [7, 11) is 1.69. The minimum Gasteiger partial charge on any atom is -0.494 e. The third-order valence-electron chi connectivity index (χ3n) is 2.70. The number of hydrogen-bond acceptors (Lipinski definition) is 2. The fourth-order valence-electron chi connectivity index (χ4n) is 1.74. The highest BCUT2D eigenvalue weighted by Gasteiger charge is 2.07. The lowest BCUT2D eigenvalue weighted by Crippen LogP contribution is -1.93. The summed E-state index contributed by atoms with van der Waals surface area (Å²) in [6.45, 7) is 8.12. The summed E-state index contributed by atoms with van der Waals surface area (Å²) in [5.41, 5.74) is 3.18. The number of fused-ring (bicyclic) bond motifs is 1. The molecule has 0 unspecified atom stereocenters. The second kappa shape index (κ2) is 6.74. The van der Waals surface area contributed by atoms with Crippen molar-refractivity contribution >= 4 is 26.8 Å². The Morgan fingerprint density at radius 2 is 1.89 bits per heavy atom. The van der Waals surface area contributed by atoms with E-state index in [1.165, 1.54) is 5.56 Å². The molecule has 1 heterocycles. The van der Waals surface area contributed by atoms with Crippen molar-refractivity contribution < 1.29 is 4.74 Å². The first-order valence-electron chi connectivity index (χ1n) is 6.29. The lowest BCUT2D eigenvalue weighted by Gasteiger charge is -2.09. The van der Waals surface area contributed by atoms with Crippen molar-refractivity contribution in [2.75, 3.05) is 7.11 Å². The fourth-order valence-corrected chi connectivity index (χ4v) is 2.08. The quantitative estimate of drug-likeness (QED) is 0.787. The zero-order chi connectivity index (χ0) is 13.7. The Kier molecular flexibility index (Phi) is 5.60. The number of methoxy groups -OCH3 is 1. The van der Waals surface area contributed by atoms with Gasteiger partial charge in [0.05, 0.1) is 12.8 Å². The third kappa shape index (κ3) is 3.02. The second-order valence-electron chi connectivity index (χ2n) is 3.78. The van der Waals surface area contributed by atoms with E-state index >= 15 is 0 Å². The van der Waals surface area contributed by atoms with Gasteiger partial charge < -0.3 is 4.74 Å². The summed E-state index contributed by atoms with van der Waals surface area (Å²) in [5.74, 6) is 0.852. The Labute approximate surface area is 118 Å². The number of aromatic nitrogens is 1. The summed E-state index contributed by atoms with van der Waals surface area (Å²) in [5, 5.41) is 1.12. The van der Waals surface area contributed by atoms with E-state index < -0.39 is 0 Å². The zero-order valence-electron chi connectivity index (χ0n) is 11.7. The second-order valence-corrected chi connectivity index (χ2v) is 4.63. The first-order chi connectivity index (χ1) is 8.65. The van der Waals surface area contributed by atoms with Gasteiger partial charge in [0.25, 0.3) is 0 Å². The maximum Gasteiger partial charge on any atom is 0.145 e. The summed E-state index contributed by atoms with van der Waals surface area (Å²) >= 11 is 3.51. The third-order valence-corrected chi connectivity index (χ3v) is 3.50. The lowest BCUT2D eigenvalue weighted by atomic mass is 10.1. The van der Waals surface area contributed by atoms with Gasteiger partial charge in [0.15, 0.2) is 0 Å². The van der Waals surface area contributed by atoms with Gasteiger partial charge in [0.2, 0.25) is 0 Å². The summed E-state index contributed by atoms with van der Waals surface area (Å²) in [4.78, 5) is 4.55. The molecule has 1 aromatic carbocycles. The van der Waals surface area contributed by atoms with Crippen molar-refractivity contribution in [2.45, 2.75) is 34.1 Å². The first-order valence-corrected chi connectivity index (χ1v) is 7.08. The predicted molar refractivity (Wildman–Crippen MR) is 81.5 cm³/mol. The lowest BCUT2D eigenvalue weighted by molar-refractivity contribution is 0.418. The minimum atomic E-state index is 0.852. The summed E-state index contributed by atoms with van der Waals surface area (Å²) < 4.78 is 6.42. The number of nitrogens with zero attached hydrogens (tertiary/aromatic N) is 1. The maximum absolute atomic E-state index is 5.39. The van der Waals surface area contributed by atoms with E-state index in [0.29, 0.717) is 0 Å². The first kappa shape index (κ1) is 15.0. The highest BCUT2D eigenvalue weighted by atomic mass is 79.9. The number of rotatable bonds is 2. The molecule has 98 valence electrons. The van der Waals surface area contributed by atoms with Gasteiger partial charge in [-0.05, 0) is 53.0 Å². The van der Waals surface area contributed by atoms with Gasteiger partial charge in [-0.3, -0.25) is 0 Å². The molecule has 0 saturated heterocycles. The van der Waals surface area contributed by atoms with Crippen molar-refractivity contribution in [1.82, 2.24) is 4.98 Å². The molecular formula is C15H20BrNO. The molecule has 2 rings (SSSR count). The standard InChI is InChI=1S/C13H14BrNO.C2H6/c1-4-9-5-10-7-11(14)8(2)15-13(10)12(6-9)16-3;1-2/h5-7H,4H2,1-3H3;1-2H3. The highest BCUT2D eigenvalue weighted by Crippen LogP contribution is 2.29. The summed E-state index contributed by atoms with van der Waals surface area (Å²) in [6.07, 6.45) is 0.998. The predicted octanol–water partition coefficient (Wildman–Crippen LogP) is 4.90. The van der Waals surface area contributed by atoms with Crippen molar-refractivity contribution in [1.29, 1.82) is 0 Å². The Morgan fingerprint density at radius 1 is 1.22 bits per heavy atom. The molecule has 0 aliphatic heterocycles. The number of hydrogen-bond donors (Lipinski definition) is 0. The smallest absolute Gasteiger partial charge is 0.145 e. The average molecular weight is 310 g/mol. The van der Waals surface area contributed by atoms with Gasteiger partial charge >= 0.3 is 0 Å². The van der Waals surface area contributed by atoms with Crippen LogP contribution in [0.25, 0.3) is 10.9 Å². The molecule has 2 aromatic rings. The molecule has 0 aliphatic rings. The molecule has 0 aliphatic carbocycles. The van der Waals surface area contributed by atoms with Gasteiger partial charge in [-0.2, -0.15) is 0 Å². The Hall–Kier alpha value is -1.09. The van der Waals surface area contributed by atoms with Crippen molar-refractivity contribution in [3.05, 3.63) is 33.9 Å². The monoisotopic (exact) mass is 309 g/mol. The van der Waals surface area contributed by atoms with E-state index in [0.717, 1.165) is 33.2 Å². The molecule has 0 fully saturated rings. The number of benzene rings is 1. The van der Waals surface area contributed by atoms with Crippen LogP contribution in [0.1, 0.15) is 32.0 Å². The molecule has 0 N–H and O–H groups in total. The normalized spacial score (nSPS) is 9.89. The molecule has 0 saturated carbocycles. The number of ether oxygens (including phenoxy) is 1. The van der Waals surface area contributed by atoms with Gasteiger partial charge in [-0.25, -0.2) is 4.98 Å². The molecule has 0 spiro atoms. The largest absolute Gasteiger partial charge is 0.494 e. The van der Waals surface area contributed by atoms with Crippen LogP contribution in [0.2, 0.25) is 0 Å². The van der Waals surface area contributed by atoms with Crippen molar-refractivity contribution in [2.24, 2.45) is 0 Å². The fraction of sp³-hybridized carbons (Fsp3) is 0.400. The van der Waals surface area contributed by atoms with Crippen LogP contribution in [0.15, 0.2) is 22.7 Å². The van der Waals surface area contributed by atoms with Crippen LogP contribution in [-0.2, 0) is 6.42 Å². The molecule has 0 atom stereocenters. The topological polar surface area (TPSA) is 22.1 Å². The molecule has 1 aromatic heterocycles. The van der Waals surface area contributed by atoms with E-state index in [-0.39, 0.29) is 0 Å². The van der Waals surface area contributed by atoms with Crippen LogP contribution in [-0.4, -0.2) is 12.1 Å². The number of halogens is 1. The van der Waals surface area contributed by atoms with Crippen LogP contribution >= 0.6 is 15.9 Å². The van der Waals surface area contributed by atoms with Gasteiger partial charge in [0.1, 0.15) is 11.3 Å². The molecule has 0 amide bonds. The molecule has 0 bridgehead atoms. The van der Waals surface area contributed by atoms with E-state index in [1.807, 2.05) is 20.8 Å². The van der Waals surface area contributed by atoms with Crippen LogP contribution in [0.5, 0.6) is 5.75 Å². The van der Waals surface area contributed by atoms with Crippen molar-refractivity contribution in [3.8, 4) is 5.75 Å².